The second kappa shape index (κ2) is 4.81. The zero-order chi connectivity index (χ0) is 11.4. The van der Waals surface area contributed by atoms with Gasteiger partial charge in [0, 0.05) is 36.3 Å². The largest absolute Gasteiger partial charge is 0.316 e. The lowest BCUT2D eigenvalue weighted by Crippen LogP contribution is -2.05. The number of pyridine rings is 2. The lowest BCUT2D eigenvalue weighted by atomic mass is 10.1. The minimum absolute atomic E-state index is 0.337. The van der Waals surface area contributed by atoms with Crippen molar-refractivity contribution in [2.75, 3.05) is 7.05 Å². The van der Waals surface area contributed by atoms with E-state index in [1.165, 1.54) is 12.3 Å². The van der Waals surface area contributed by atoms with Gasteiger partial charge >= 0.3 is 0 Å². The normalized spacial score (nSPS) is 10.4. The summed E-state index contributed by atoms with van der Waals surface area (Å²) in [6.45, 7) is 0.740. The summed E-state index contributed by atoms with van der Waals surface area (Å²) in [5.74, 6) is -0.337. The predicted octanol–water partition coefficient (Wildman–Crippen LogP) is 2.00. The Morgan fingerprint density at radius 3 is 2.44 bits per heavy atom. The van der Waals surface area contributed by atoms with Gasteiger partial charge in [-0.2, -0.15) is 0 Å². The zero-order valence-electron chi connectivity index (χ0n) is 8.94. The molecule has 0 saturated heterocycles. The summed E-state index contributed by atoms with van der Waals surface area (Å²) in [5, 5.41) is 3.04. The molecule has 0 atom stereocenters. The van der Waals surface area contributed by atoms with Gasteiger partial charge in [0.15, 0.2) is 0 Å². The summed E-state index contributed by atoms with van der Waals surface area (Å²) in [4.78, 5) is 7.94. The lowest BCUT2D eigenvalue weighted by molar-refractivity contribution is 0.622. The van der Waals surface area contributed by atoms with E-state index in [1.54, 1.807) is 18.6 Å². The number of halogens is 1. The Morgan fingerprint density at radius 2 is 1.75 bits per heavy atom. The first-order valence-electron chi connectivity index (χ1n) is 4.99. The molecule has 3 nitrogen and oxygen atoms in total. The molecule has 0 spiro atoms. The highest BCUT2D eigenvalue weighted by atomic mass is 19.1. The quantitative estimate of drug-likeness (QED) is 0.854. The number of nitrogens with one attached hydrogen (secondary N) is 1. The van der Waals surface area contributed by atoms with Crippen molar-refractivity contribution in [1.82, 2.24) is 15.3 Å². The summed E-state index contributed by atoms with van der Waals surface area (Å²) in [7, 11) is 1.87. The van der Waals surface area contributed by atoms with Gasteiger partial charge in [-0.15, -0.1) is 0 Å². The maximum absolute atomic E-state index is 13.0. The first-order valence-corrected chi connectivity index (χ1v) is 4.99. The van der Waals surface area contributed by atoms with Crippen molar-refractivity contribution in [2.24, 2.45) is 0 Å². The molecule has 0 aliphatic rings. The molecule has 0 unspecified atom stereocenters. The number of nitrogens with zero attached hydrogens (tertiary/aromatic N) is 2. The van der Waals surface area contributed by atoms with Gasteiger partial charge in [0.05, 0.1) is 6.20 Å². The maximum atomic E-state index is 13.0. The van der Waals surface area contributed by atoms with Crippen LogP contribution in [0, 0.1) is 5.82 Å². The zero-order valence-corrected chi connectivity index (χ0v) is 8.94. The average Bonchev–Trinajstić information content (AvgIpc) is 2.30. The van der Waals surface area contributed by atoms with Crippen LogP contribution in [0.4, 0.5) is 4.39 Å². The molecule has 1 N–H and O–H groups in total. The predicted molar refractivity (Wildman–Crippen MR) is 60.2 cm³/mol. The molecule has 2 heterocycles. The van der Waals surface area contributed by atoms with Gasteiger partial charge in [0.2, 0.25) is 0 Å². The monoisotopic (exact) mass is 217 g/mol. The van der Waals surface area contributed by atoms with E-state index < -0.39 is 0 Å². The molecular weight excluding hydrogens is 205 g/mol. The first-order chi connectivity index (χ1) is 7.79. The summed E-state index contributed by atoms with van der Waals surface area (Å²) in [6, 6.07) is 3.42. The molecule has 2 aromatic rings. The molecule has 82 valence electrons. The van der Waals surface area contributed by atoms with Crippen molar-refractivity contribution in [1.29, 1.82) is 0 Å². The minimum atomic E-state index is -0.337. The molecule has 0 aliphatic heterocycles. The maximum Gasteiger partial charge on any atom is 0.142 e. The molecule has 0 amide bonds. The third-order valence-corrected chi connectivity index (χ3v) is 2.21. The fraction of sp³-hybridized carbons (Fsp3) is 0.167. The Bertz CT molecular complexity index is 485. The average molecular weight is 217 g/mol. The summed E-state index contributed by atoms with van der Waals surface area (Å²) >= 11 is 0. The number of hydrogen-bond acceptors (Lipinski definition) is 3. The van der Waals surface area contributed by atoms with Crippen molar-refractivity contribution in [2.45, 2.75) is 6.54 Å². The van der Waals surface area contributed by atoms with Crippen molar-refractivity contribution < 1.29 is 4.39 Å². The summed E-state index contributed by atoms with van der Waals surface area (Å²) < 4.78 is 13.0. The van der Waals surface area contributed by atoms with E-state index in [1.807, 2.05) is 13.1 Å². The van der Waals surface area contributed by atoms with Gasteiger partial charge in [-0.3, -0.25) is 9.97 Å². The van der Waals surface area contributed by atoms with E-state index in [2.05, 4.69) is 15.3 Å². The molecule has 2 rings (SSSR count). The molecular formula is C12H12FN3. The van der Waals surface area contributed by atoms with Gasteiger partial charge in [-0.05, 0) is 24.7 Å². The van der Waals surface area contributed by atoms with Crippen molar-refractivity contribution >= 4 is 0 Å². The minimum Gasteiger partial charge on any atom is -0.316 e. The number of rotatable bonds is 3. The summed E-state index contributed by atoms with van der Waals surface area (Å²) in [5.41, 5.74) is 2.68. The van der Waals surface area contributed by atoms with Gasteiger partial charge in [0.1, 0.15) is 5.82 Å². The van der Waals surface area contributed by atoms with Crippen LogP contribution in [0.15, 0.2) is 36.9 Å². The van der Waals surface area contributed by atoms with E-state index in [9.17, 15) is 4.39 Å². The molecule has 0 radical (unpaired) electrons. The van der Waals surface area contributed by atoms with Gasteiger partial charge < -0.3 is 5.32 Å². The van der Waals surface area contributed by atoms with Gasteiger partial charge in [-0.25, -0.2) is 4.39 Å². The Kier molecular flexibility index (Phi) is 3.22. The molecule has 0 aromatic carbocycles. The second-order valence-electron chi connectivity index (χ2n) is 3.50. The fourth-order valence-electron chi connectivity index (χ4n) is 1.52. The smallest absolute Gasteiger partial charge is 0.142 e. The highest BCUT2D eigenvalue weighted by Crippen LogP contribution is 2.18. The Morgan fingerprint density at radius 1 is 1.06 bits per heavy atom. The molecule has 0 fully saturated rings. The SMILES string of the molecule is CNCc1cncc(-c2cncc(F)c2)c1. The molecule has 0 bridgehead atoms. The molecule has 0 saturated carbocycles. The lowest BCUT2D eigenvalue weighted by Gasteiger charge is -2.04. The van der Waals surface area contributed by atoms with Crippen LogP contribution in [0.25, 0.3) is 11.1 Å². The molecule has 4 heteroatoms. The van der Waals surface area contributed by atoms with Gasteiger partial charge in [-0.1, -0.05) is 0 Å². The summed E-state index contributed by atoms with van der Waals surface area (Å²) in [6.07, 6.45) is 6.31. The highest BCUT2D eigenvalue weighted by Gasteiger charge is 2.01. The van der Waals surface area contributed by atoms with Crippen LogP contribution >= 0.6 is 0 Å². The van der Waals surface area contributed by atoms with Crippen LogP contribution in [0.3, 0.4) is 0 Å². The first kappa shape index (κ1) is 10.7. The third-order valence-electron chi connectivity index (χ3n) is 2.21. The van der Waals surface area contributed by atoms with Crippen molar-refractivity contribution in [3.05, 3.63) is 48.3 Å². The Labute approximate surface area is 93.4 Å². The molecule has 0 aliphatic carbocycles. The van der Waals surface area contributed by atoms with Crippen LogP contribution < -0.4 is 5.32 Å². The van der Waals surface area contributed by atoms with E-state index in [4.69, 9.17) is 0 Å². The Balaban J connectivity index is 2.36. The topological polar surface area (TPSA) is 37.8 Å². The highest BCUT2D eigenvalue weighted by molar-refractivity contribution is 5.61. The van der Waals surface area contributed by atoms with Crippen molar-refractivity contribution in [3.63, 3.8) is 0 Å². The molecule has 2 aromatic heterocycles. The van der Waals surface area contributed by atoms with Crippen LogP contribution in [0.5, 0.6) is 0 Å². The van der Waals surface area contributed by atoms with Crippen LogP contribution in [-0.2, 0) is 6.54 Å². The number of hydrogen-bond donors (Lipinski definition) is 1. The molecule has 16 heavy (non-hydrogen) atoms. The van der Waals surface area contributed by atoms with Crippen LogP contribution in [-0.4, -0.2) is 17.0 Å². The van der Waals surface area contributed by atoms with E-state index >= 15 is 0 Å². The van der Waals surface area contributed by atoms with E-state index in [0.29, 0.717) is 0 Å². The van der Waals surface area contributed by atoms with Crippen molar-refractivity contribution in [3.8, 4) is 11.1 Å². The van der Waals surface area contributed by atoms with E-state index in [-0.39, 0.29) is 5.82 Å². The fourth-order valence-corrected chi connectivity index (χ4v) is 1.52. The number of aromatic nitrogens is 2. The Hall–Kier alpha value is -1.81. The van der Waals surface area contributed by atoms with Gasteiger partial charge in [0.25, 0.3) is 0 Å². The van der Waals surface area contributed by atoms with Crippen LogP contribution in [0.1, 0.15) is 5.56 Å². The third kappa shape index (κ3) is 2.41. The van der Waals surface area contributed by atoms with Crippen LogP contribution in [0.2, 0.25) is 0 Å². The second-order valence-corrected chi connectivity index (χ2v) is 3.50. The standard InChI is InChI=1S/C12H12FN3/c1-14-4-9-2-10(6-15-5-9)11-3-12(13)8-16-7-11/h2-3,5-8,14H,4H2,1H3. The van der Waals surface area contributed by atoms with E-state index in [0.717, 1.165) is 23.2 Å².